The zero-order valence-corrected chi connectivity index (χ0v) is 11.4. The lowest BCUT2D eigenvalue weighted by atomic mass is 10.4. The van der Waals surface area contributed by atoms with E-state index >= 15 is 0 Å². The van der Waals surface area contributed by atoms with Crippen molar-refractivity contribution in [3.05, 3.63) is 27.4 Å². The first kappa shape index (κ1) is 12.0. The predicted molar refractivity (Wildman–Crippen MR) is 71.4 cm³/mol. The van der Waals surface area contributed by atoms with Gasteiger partial charge in [-0.05, 0) is 19.1 Å². The van der Waals surface area contributed by atoms with E-state index in [0.29, 0.717) is 0 Å². The maximum absolute atomic E-state index is 3.98. The average Bonchev–Trinajstić information content (AvgIpc) is 2.89. The predicted octanol–water partition coefficient (Wildman–Crippen LogP) is 2.79. The lowest BCUT2D eigenvalue weighted by molar-refractivity contribution is 0.741. The Labute approximate surface area is 107 Å². The normalized spacial score (nSPS) is 10.8. The van der Waals surface area contributed by atoms with Crippen molar-refractivity contribution < 1.29 is 0 Å². The van der Waals surface area contributed by atoms with Gasteiger partial charge in [0.2, 0.25) is 0 Å². The number of rotatable bonds is 6. The molecule has 0 aliphatic heterocycles. The molecule has 0 spiro atoms. The van der Waals surface area contributed by atoms with Crippen LogP contribution >= 0.6 is 34.4 Å². The molecule has 0 aromatic carbocycles. The second kappa shape index (κ2) is 6.34. The van der Waals surface area contributed by atoms with Crippen LogP contribution in [-0.4, -0.2) is 22.5 Å². The third-order valence-corrected chi connectivity index (χ3v) is 4.80. The van der Waals surface area contributed by atoms with Crippen molar-refractivity contribution in [3.63, 3.8) is 0 Å². The molecule has 0 saturated carbocycles. The van der Waals surface area contributed by atoms with Crippen LogP contribution in [0.3, 0.4) is 0 Å². The van der Waals surface area contributed by atoms with Crippen LogP contribution < -0.4 is 5.32 Å². The minimum absolute atomic E-state index is 0.967. The Balaban J connectivity index is 1.59. The van der Waals surface area contributed by atoms with E-state index in [1.165, 1.54) is 9.75 Å². The number of thioether (sulfide) groups is 1. The Morgan fingerprint density at radius 1 is 1.44 bits per heavy atom. The summed E-state index contributed by atoms with van der Waals surface area (Å²) < 4.78 is 1.05. The van der Waals surface area contributed by atoms with E-state index in [1.54, 1.807) is 28.6 Å². The smallest absolute Gasteiger partial charge is 0.174 e. The molecule has 0 amide bonds. The third kappa shape index (κ3) is 3.86. The summed E-state index contributed by atoms with van der Waals surface area (Å²) in [5.41, 5.74) is 1.77. The summed E-state index contributed by atoms with van der Waals surface area (Å²) in [5.74, 6) is 1.04. The lowest BCUT2D eigenvalue weighted by Crippen LogP contribution is -2.15. The highest BCUT2D eigenvalue weighted by Crippen LogP contribution is 2.18. The molecule has 0 bridgehead atoms. The van der Waals surface area contributed by atoms with Gasteiger partial charge in [0.1, 0.15) is 5.51 Å². The van der Waals surface area contributed by atoms with E-state index in [0.717, 1.165) is 23.2 Å². The van der Waals surface area contributed by atoms with Gasteiger partial charge in [0.15, 0.2) is 4.34 Å². The molecule has 2 aromatic rings. The van der Waals surface area contributed by atoms with Crippen molar-refractivity contribution in [2.45, 2.75) is 17.8 Å². The summed E-state index contributed by atoms with van der Waals surface area (Å²) in [6.45, 7) is 4.11. The highest BCUT2D eigenvalue weighted by molar-refractivity contribution is 8.01. The molecular formula is C10H13N3S3. The van der Waals surface area contributed by atoms with Gasteiger partial charge in [0.05, 0.1) is 0 Å². The zero-order chi connectivity index (χ0) is 11.2. The summed E-state index contributed by atoms with van der Waals surface area (Å²) in [5, 5.41) is 11.2. The van der Waals surface area contributed by atoms with Gasteiger partial charge in [0, 0.05) is 28.6 Å². The van der Waals surface area contributed by atoms with E-state index in [-0.39, 0.29) is 0 Å². The summed E-state index contributed by atoms with van der Waals surface area (Å²) >= 11 is 5.20. The van der Waals surface area contributed by atoms with Gasteiger partial charge in [-0.2, -0.15) is 0 Å². The maximum Gasteiger partial charge on any atom is 0.174 e. The number of aryl methyl sites for hydroxylation is 1. The second-order valence-corrected chi connectivity index (χ2v) is 6.79. The minimum atomic E-state index is 0.967. The van der Waals surface area contributed by atoms with Gasteiger partial charge >= 0.3 is 0 Å². The Kier molecular flexibility index (Phi) is 4.77. The Hall–Kier alpha value is -0.430. The molecule has 2 aromatic heterocycles. The fourth-order valence-electron chi connectivity index (χ4n) is 1.23. The molecule has 3 nitrogen and oxygen atoms in total. The molecule has 0 aliphatic rings. The molecule has 0 saturated heterocycles. The molecule has 86 valence electrons. The topological polar surface area (TPSA) is 37.8 Å². The number of nitrogens with zero attached hydrogens (tertiary/aromatic N) is 2. The first-order chi connectivity index (χ1) is 7.84. The van der Waals surface area contributed by atoms with Crippen molar-refractivity contribution in [1.82, 2.24) is 15.5 Å². The molecule has 16 heavy (non-hydrogen) atoms. The first-order valence-corrected chi connectivity index (χ1v) is 7.68. The van der Waals surface area contributed by atoms with Crippen LogP contribution in [0.1, 0.15) is 9.75 Å². The van der Waals surface area contributed by atoms with Crippen LogP contribution in [0, 0.1) is 6.92 Å². The minimum Gasteiger partial charge on any atom is -0.311 e. The molecule has 0 atom stereocenters. The van der Waals surface area contributed by atoms with Gasteiger partial charge in [-0.25, -0.2) is 0 Å². The summed E-state index contributed by atoms with van der Waals surface area (Å²) in [7, 11) is 0. The number of hydrogen-bond donors (Lipinski definition) is 1. The number of nitrogens with one attached hydrogen (secondary N) is 1. The molecule has 0 aliphatic carbocycles. The lowest BCUT2D eigenvalue weighted by Gasteiger charge is -2.00. The van der Waals surface area contributed by atoms with Gasteiger partial charge in [-0.1, -0.05) is 23.1 Å². The highest BCUT2D eigenvalue weighted by Gasteiger charge is 1.98. The molecule has 6 heteroatoms. The van der Waals surface area contributed by atoms with Crippen LogP contribution in [0.15, 0.2) is 22.0 Å². The van der Waals surface area contributed by atoms with E-state index in [1.807, 2.05) is 11.3 Å². The molecule has 1 N–H and O–H groups in total. The quantitative estimate of drug-likeness (QED) is 0.647. The fourth-order valence-corrected chi connectivity index (χ4v) is 3.54. The monoisotopic (exact) mass is 271 g/mol. The van der Waals surface area contributed by atoms with Crippen LogP contribution in [0.5, 0.6) is 0 Å². The van der Waals surface area contributed by atoms with E-state index in [4.69, 9.17) is 0 Å². The summed E-state index contributed by atoms with van der Waals surface area (Å²) in [4.78, 5) is 2.78. The van der Waals surface area contributed by atoms with Gasteiger partial charge in [0.25, 0.3) is 0 Å². The van der Waals surface area contributed by atoms with Gasteiger partial charge < -0.3 is 5.32 Å². The largest absolute Gasteiger partial charge is 0.311 e. The molecular weight excluding hydrogens is 258 g/mol. The molecule has 2 heterocycles. The number of aromatic nitrogens is 2. The number of thiophene rings is 1. The van der Waals surface area contributed by atoms with E-state index in [2.05, 4.69) is 34.6 Å². The second-order valence-electron chi connectivity index (χ2n) is 3.24. The van der Waals surface area contributed by atoms with Crippen molar-refractivity contribution in [2.24, 2.45) is 0 Å². The Bertz CT molecular complexity index is 411. The number of hydrogen-bond acceptors (Lipinski definition) is 6. The molecule has 0 radical (unpaired) electrons. The van der Waals surface area contributed by atoms with E-state index < -0.39 is 0 Å². The van der Waals surface area contributed by atoms with Gasteiger partial charge in [-0.3, -0.25) is 0 Å². The average molecular weight is 271 g/mol. The fraction of sp³-hybridized carbons (Fsp3) is 0.400. The molecule has 0 fully saturated rings. The van der Waals surface area contributed by atoms with E-state index in [9.17, 15) is 0 Å². The zero-order valence-electron chi connectivity index (χ0n) is 8.97. The SMILES string of the molecule is Cc1ccc(CNCCSc2nncs2)s1. The van der Waals surface area contributed by atoms with Crippen molar-refractivity contribution >= 4 is 34.4 Å². The van der Waals surface area contributed by atoms with Crippen LogP contribution in [-0.2, 0) is 6.54 Å². The Morgan fingerprint density at radius 2 is 2.38 bits per heavy atom. The summed E-state index contributed by atoms with van der Waals surface area (Å²) in [6, 6.07) is 4.35. The molecule has 0 unspecified atom stereocenters. The maximum atomic E-state index is 3.98. The third-order valence-electron chi connectivity index (χ3n) is 1.94. The van der Waals surface area contributed by atoms with Crippen LogP contribution in [0.25, 0.3) is 0 Å². The highest BCUT2D eigenvalue weighted by atomic mass is 32.2. The Morgan fingerprint density at radius 3 is 3.06 bits per heavy atom. The standard InChI is InChI=1S/C10H13N3S3/c1-8-2-3-9(16-8)6-11-4-5-14-10-13-12-7-15-10/h2-3,7,11H,4-6H2,1H3. The summed E-state index contributed by atoms with van der Waals surface area (Å²) in [6.07, 6.45) is 0. The van der Waals surface area contributed by atoms with Crippen LogP contribution in [0.4, 0.5) is 0 Å². The van der Waals surface area contributed by atoms with Crippen molar-refractivity contribution in [1.29, 1.82) is 0 Å². The first-order valence-electron chi connectivity index (χ1n) is 4.99. The van der Waals surface area contributed by atoms with Crippen molar-refractivity contribution in [2.75, 3.05) is 12.3 Å². The molecule has 2 rings (SSSR count). The van der Waals surface area contributed by atoms with Crippen molar-refractivity contribution in [3.8, 4) is 0 Å². The van der Waals surface area contributed by atoms with Gasteiger partial charge in [-0.15, -0.1) is 21.5 Å². The van der Waals surface area contributed by atoms with Crippen LogP contribution in [0.2, 0.25) is 0 Å².